The molecule has 0 bridgehead atoms. The summed E-state index contributed by atoms with van der Waals surface area (Å²) in [6, 6.07) is 9.15. The summed E-state index contributed by atoms with van der Waals surface area (Å²) in [5, 5.41) is 2.77. The number of nitrogens with one attached hydrogen (secondary N) is 1. The van der Waals surface area contributed by atoms with Crippen molar-refractivity contribution in [1.29, 1.82) is 0 Å². The zero-order chi connectivity index (χ0) is 18.6. The average molecular weight is 364 g/mol. The molecule has 7 heteroatoms. The van der Waals surface area contributed by atoms with Gasteiger partial charge in [0.05, 0.1) is 6.42 Å². The predicted octanol–water partition coefficient (Wildman–Crippen LogP) is 3.37. The van der Waals surface area contributed by atoms with Gasteiger partial charge in [-0.05, 0) is 47.6 Å². The maximum Gasteiger partial charge on any atom is 0.422 e. The fraction of sp³-hybridized carbons (Fsp3) is 0.368. The molecular weight excluding hydrogens is 345 g/mol. The van der Waals surface area contributed by atoms with Crippen LogP contribution < -0.4 is 10.1 Å². The number of benzene rings is 1. The van der Waals surface area contributed by atoms with Crippen LogP contribution in [0.3, 0.4) is 0 Å². The zero-order valence-corrected chi connectivity index (χ0v) is 14.1. The van der Waals surface area contributed by atoms with E-state index in [0.717, 1.165) is 24.8 Å². The number of fused-ring (bicyclic) bond motifs is 1. The number of alkyl halides is 3. The average Bonchev–Trinajstić information content (AvgIpc) is 3.06. The number of aromatic nitrogens is 1. The molecule has 0 atom stereocenters. The van der Waals surface area contributed by atoms with Gasteiger partial charge in [-0.1, -0.05) is 18.2 Å². The number of amides is 1. The van der Waals surface area contributed by atoms with E-state index < -0.39 is 12.8 Å². The molecule has 1 amide bonds. The second-order valence-corrected chi connectivity index (χ2v) is 6.32. The first-order valence-electron chi connectivity index (χ1n) is 8.41. The summed E-state index contributed by atoms with van der Waals surface area (Å²) >= 11 is 0. The summed E-state index contributed by atoms with van der Waals surface area (Å²) in [4.78, 5) is 15.9. The molecule has 0 unspecified atom stereocenters. The maximum atomic E-state index is 12.2. The number of halogens is 3. The van der Waals surface area contributed by atoms with E-state index >= 15 is 0 Å². The first kappa shape index (κ1) is 18.2. The normalized spacial score (nSPS) is 13.3. The van der Waals surface area contributed by atoms with Gasteiger partial charge in [-0.3, -0.25) is 4.79 Å². The van der Waals surface area contributed by atoms with E-state index in [2.05, 4.69) is 27.2 Å². The monoisotopic (exact) mass is 364 g/mol. The first-order chi connectivity index (χ1) is 12.4. The van der Waals surface area contributed by atoms with Gasteiger partial charge in [-0.25, -0.2) is 4.98 Å². The highest BCUT2D eigenvalue weighted by molar-refractivity contribution is 5.78. The van der Waals surface area contributed by atoms with Crippen LogP contribution in [-0.4, -0.2) is 23.7 Å². The number of aryl methyl sites for hydroxylation is 2. The quantitative estimate of drug-likeness (QED) is 0.855. The van der Waals surface area contributed by atoms with Gasteiger partial charge in [0.1, 0.15) is 0 Å². The molecular formula is C19H19F3N2O2. The second kappa shape index (κ2) is 7.76. The number of hydrogen-bond donors (Lipinski definition) is 1. The van der Waals surface area contributed by atoms with Crippen LogP contribution in [0.2, 0.25) is 0 Å². The number of ether oxygens (including phenoxy) is 1. The molecule has 2 aromatic rings. The minimum Gasteiger partial charge on any atom is -0.468 e. The number of carbonyl (C=O) groups is 1. The van der Waals surface area contributed by atoms with Crippen LogP contribution in [0.4, 0.5) is 13.2 Å². The van der Waals surface area contributed by atoms with Crippen molar-refractivity contribution in [1.82, 2.24) is 10.3 Å². The molecule has 0 fully saturated rings. The molecule has 1 N–H and O–H groups in total. The Balaban J connectivity index is 1.51. The highest BCUT2D eigenvalue weighted by Crippen LogP contribution is 2.23. The predicted molar refractivity (Wildman–Crippen MR) is 89.8 cm³/mol. The van der Waals surface area contributed by atoms with Gasteiger partial charge in [0.2, 0.25) is 11.8 Å². The first-order valence-corrected chi connectivity index (χ1v) is 8.41. The Bertz CT molecular complexity index is 791. The summed E-state index contributed by atoms with van der Waals surface area (Å²) in [6.45, 7) is -1.19. The van der Waals surface area contributed by atoms with Crippen LogP contribution in [-0.2, 0) is 30.6 Å². The molecule has 1 aliphatic rings. The second-order valence-electron chi connectivity index (χ2n) is 6.32. The Morgan fingerprint density at radius 1 is 1.12 bits per heavy atom. The van der Waals surface area contributed by atoms with Crippen molar-refractivity contribution < 1.29 is 22.7 Å². The Kier molecular flexibility index (Phi) is 5.44. The van der Waals surface area contributed by atoms with Crippen LogP contribution in [0, 0.1) is 0 Å². The van der Waals surface area contributed by atoms with Crippen molar-refractivity contribution in [3.8, 4) is 5.88 Å². The Labute approximate surface area is 149 Å². The highest BCUT2D eigenvalue weighted by Gasteiger charge is 2.28. The summed E-state index contributed by atoms with van der Waals surface area (Å²) < 4.78 is 41.1. The van der Waals surface area contributed by atoms with Crippen molar-refractivity contribution in [2.45, 2.75) is 38.4 Å². The van der Waals surface area contributed by atoms with Crippen LogP contribution in [0.15, 0.2) is 36.5 Å². The van der Waals surface area contributed by atoms with E-state index in [4.69, 9.17) is 0 Å². The van der Waals surface area contributed by atoms with Crippen molar-refractivity contribution in [3.63, 3.8) is 0 Å². The lowest BCUT2D eigenvalue weighted by Gasteiger charge is -2.10. The number of carbonyl (C=O) groups excluding carboxylic acids is 1. The van der Waals surface area contributed by atoms with Gasteiger partial charge < -0.3 is 10.1 Å². The number of rotatable bonds is 6. The van der Waals surface area contributed by atoms with E-state index in [-0.39, 0.29) is 24.8 Å². The number of hydrogen-bond acceptors (Lipinski definition) is 3. The Morgan fingerprint density at radius 2 is 1.92 bits per heavy atom. The van der Waals surface area contributed by atoms with Crippen LogP contribution in [0.5, 0.6) is 5.88 Å². The van der Waals surface area contributed by atoms with Crippen LogP contribution >= 0.6 is 0 Å². The van der Waals surface area contributed by atoms with E-state index in [1.807, 2.05) is 6.07 Å². The standard InChI is InChI=1S/C19H19F3N2O2/c20-19(21,22)12-26-18-10-14(6-7-23-18)11-24-17(25)9-13-4-5-15-2-1-3-16(15)8-13/h4-8,10H,1-3,9,11-12H2,(H,24,25). The lowest BCUT2D eigenvalue weighted by atomic mass is 10.0. The van der Waals surface area contributed by atoms with Gasteiger partial charge in [0, 0.05) is 18.8 Å². The van der Waals surface area contributed by atoms with Gasteiger partial charge in [-0.2, -0.15) is 13.2 Å². The van der Waals surface area contributed by atoms with E-state index in [1.54, 1.807) is 6.07 Å². The van der Waals surface area contributed by atoms with Gasteiger partial charge in [-0.15, -0.1) is 0 Å². The molecule has 0 radical (unpaired) electrons. The minimum atomic E-state index is -4.41. The van der Waals surface area contributed by atoms with E-state index in [1.165, 1.54) is 23.4 Å². The molecule has 1 heterocycles. The number of nitrogens with zero attached hydrogens (tertiary/aromatic N) is 1. The molecule has 0 aliphatic heterocycles. The molecule has 3 rings (SSSR count). The van der Waals surface area contributed by atoms with Crippen LogP contribution in [0.1, 0.15) is 28.7 Å². The molecule has 1 aliphatic carbocycles. The number of pyridine rings is 1. The SMILES string of the molecule is O=C(Cc1ccc2c(c1)CCC2)NCc1ccnc(OCC(F)(F)F)c1. The molecule has 0 saturated heterocycles. The molecule has 138 valence electrons. The Hall–Kier alpha value is -2.57. The fourth-order valence-electron chi connectivity index (χ4n) is 2.98. The van der Waals surface area contributed by atoms with Crippen molar-refractivity contribution in [2.24, 2.45) is 0 Å². The minimum absolute atomic E-state index is 0.118. The third-order valence-corrected chi connectivity index (χ3v) is 4.20. The largest absolute Gasteiger partial charge is 0.468 e. The van der Waals surface area contributed by atoms with Gasteiger partial charge in [0.15, 0.2) is 6.61 Å². The lowest BCUT2D eigenvalue weighted by Crippen LogP contribution is -2.24. The third-order valence-electron chi connectivity index (χ3n) is 4.20. The van der Waals surface area contributed by atoms with Crippen LogP contribution in [0.25, 0.3) is 0 Å². The van der Waals surface area contributed by atoms with Gasteiger partial charge >= 0.3 is 6.18 Å². The molecule has 0 saturated carbocycles. The zero-order valence-electron chi connectivity index (χ0n) is 14.1. The fourth-order valence-corrected chi connectivity index (χ4v) is 2.98. The summed E-state index contributed by atoms with van der Waals surface area (Å²) in [5.74, 6) is -0.259. The topological polar surface area (TPSA) is 51.2 Å². The summed E-state index contributed by atoms with van der Waals surface area (Å²) in [5.41, 5.74) is 4.26. The molecule has 1 aromatic heterocycles. The highest BCUT2D eigenvalue weighted by atomic mass is 19.4. The lowest BCUT2D eigenvalue weighted by molar-refractivity contribution is -0.154. The van der Waals surface area contributed by atoms with Crippen molar-refractivity contribution in [2.75, 3.05) is 6.61 Å². The summed E-state index contributed by atoms with van der Waals surface area (Å²) in [6.07, 6.45) is 0.530. The molecule has 4 nitrogen and oxygen atoms in total. The van der Waals surface area contributed by atoms with Gasteiger partial charge in [0.25, 0.3) is 0 Å². The van der Waals surface area contributed by atoms with Crippen molar-refractivity contribution >= 4 is 5.91 Å². The maximum absolute atomic E-state index is 12.2. The third kappa shape index (κ3) is 5.21. The van der Waals surface area contributed by atoms with Crippen molar-refractivity contribution in [3.05, 3.63) is 58.8 Å². The molecule has 26 heavy (non-hydrogen) atoms. The smallest absolute Gasteiger partial charge is 0.422 e. The summed E-state index contributed by atoms with van der Waals surface area (Å²) in [7, 11) is 0. The Morgan fingerprint density at radius 3 is 2.73 bits per heavy atom. The van der Waals surface area contributed by atoms with E-state index in [0.29, 0.717) is 5.56 Å². The van der Waals surface area contributed by atoms with E-state index in [9.17, 15) is 18.0 Å². The molecule has 0 spiro atoms. The molecule has 1 aromatic carbocycles.